The van der Waals surface area contributed by atoms with Crippen molar-refractivity contribution in [2.75, 3.05) is 25.0 Å². The number of aryl methyl sites for hydroxylation is 1. The summed E-state index contributed by atoms with van der Waals surface area (Å²) in [5.41, 5.74) is 0.381. The molecule has 4 fully saturated rings. The summed E-state index contributed by atoms with van der Waals surface area (Å²) in [4.78, 5) is 25.4. The van der Waals surface area contributed by atoms with Crippen molar-refractivity contribution >= 4 is 39.2 Å². The molecule has 1 aromatic rings. The number of nitrogens with one attached hydrogen (secondary N) is 1. The van der Waals surface area contributed by atoms with Gasteiger partial charge in [-0.05, 0) is 75.0 Å². The number of amides is 1. The fourth-order valence-corrected chi connectivity index (χ4v) is 8.93. The van der Waals surface area contributed by atoms with E-state index in [4.69, 9.17) is 16.3 Å². The van der Waals surface area contributed by atoms with Crippen LogP contribution in [0.3, 0.4) is 0 Å². The Morgan fingerprint density at radius 2 is 1.79 bits per heavy atom. The van der Waals surface area contributed by atoms with E-state index in [-0.39, 0.29) is 15.7 Å². The molecule has 2 atom stereocenters. The fraction of sp³-hybridized carbons (Fsp3) is 0.667. The van der Waals surface area contributed by atoms with E-state index < -0.39 is 28.0 Å². The van der Waals surface area contributed by atoms with Crippen LogP contribution in [0.2, 0.25) is 0 Å². The van der Waals surface area contributed by atoms with Crippen LogP contribution < -0.4 is 5.32 Å². The normalized spacial score (nSPS) is 30.5. The van der Waals surface area contributed by atoms with Gasteiger partial charge in [0.15, 0.2) is 6.61 Å². The number of alkyl halides is 1. The summed E-state index contributed by atoms with van der Waals surface area (Å²) in [5, 5.41) is 2.67. The van der Waals surface area contributed by atoms with Gasteiger partial charge in [-0.1, -0.05) is 19.9 Å². The molecule has 0 aliphatic heterocycles. The summed E-state index contributed by atoms with van der Waals surface area (Å²) in [7, 11) is -3.66. The lowest BCUT2D eigenvalue weighted by Crippen LogP contribution is -2.56. The van der Waals surface area contributed by atoms with Crippen molar-refractivity contribution in [3.05, 3.63) is 23.8 Å². The van der Waals surface area contributed by atoms with E-state index in [1.165, 1.54) is 10.4 Å². The molecule has 5 rings (SSSR count). The van der Waals surface area contributed by atoms with Crippen molar-refractivity contribution < 1.29 is 22.7 Å². The Balaban J connectivity index is 1.40. The Hall–Kier alpha value is -1.64. The highest BCUT2D eigenvalue weighted by Gasteiger charge is 2.60. The van der Waals surface area contributed by atoms with E-state index in [0.717, 1.165) is 32.1 Å². The van der Waals surface area contributed by atoms with E-state index in [1.54, 1.807) is 32.9 Å². The molecule has 7 nitrogen and oxygen atoms in total. The molecule has 0 spiro atoms. The quantitative estimate of drug-likeness (QED) is 0.432. The lowest BCUT2D eigenvalue weighted by atomic mass is 9.49. The maximum absolute atomic E-state index is 13.0. The highest BCUT2D eigenvalue weighted by atomic mass is 35.5. The van der Waals surface area contributed by atoms with Gasteiger partial charge < -0.3 is 10.1 Å². The third kappa shape index (κ3) is 4.66. The van der Waals surface area contributed by atoms with Gasteiger partial charge in [0.1, 0.15) is 0 Å². The molecule has 1 N–H and O–H groups in total. The molecule has 4 bridgehead atoms. The Kier molecular flexibility index (Phi) is 6.57. The van der Waals surface area contributed by atoms with E-state index >= 15 is 0 Å². The number of hydrogen-bond donors (Lipinski definition) is 1. The second kappa shape index (κ2) is 8.86. The molecule has 1 amide bonds. The average molecular weight is 497 g/mol. The topological polar surface area (TPSA) is 92.8 Å². The number of hydrogen-bond acceptors (Lipinski definition) is 5. The van der Waals surface area contributed by atoms with Crippen LogP contribution in [0.4, 0.5) is 5.69 Å². The number of esters is 1. The van der Waals surface area contributed by atoms with E-state index in [2.05, 4.69) is 5.32 Å². The predicted molar refractivity (Wildman–Crippen MR) is 127 cm³/mol. The highest BCUT2D eigenvalue weighted by molar-refractivity contribution is 7.89. The summed E-state index contributed by atoms with van der Waals surface area (Å²) >= 11 is 6.80. The SMILES string of the molecule is CCN(CC)S(=O)(=O)c1cc(NC(=O)COC(=O)C23C[C@H]4C[C@@H](CC(Cl)(C4)C2)C3)ccc1C. The maximum Gasteiger partial charge on any atom is 0.312 e. The molecular weight excluding hydrogens is 464 g/mol. The zero-order chi connectivity index (χ0) is 24.0. The minimum Gasteiger partial charge on any atom is -0.455 e. The van der Waals surface area contributed by atoms with Crippen LogP contribution in [-0.4, -0.2) is 49.2 Å². The molecule has 0 saturated heterocycles. The van der Waals surface area contributed by atoms with Crippen LogP contribution in [0.25, 0.3) is 0 Å². The lowest BCUT2D eigenvalue weighted by Gasteiger charge is -2.58. The van der Waals surface area contributed by atoms with Gasteiger partial charge in [-0.25, -0.2) is 8.42 Å². The van der Waals surface area contributed by atoms with Gasteiger partial charge >= 0.3 is 5.97 Å². The molecule has 0 unspecified atom stereocenters. The van der Waals surface area contributed by atoms with E-state index in [1.807, 2.05) is 0 Å². The van der Waals surface area contributed by atoms with Crippen molar-refractivity contribution in [3.63, 3.8) is 0 Å². The van der Waals surface area contributed by atoms with Gasteiger partial charge in [0.25, 0.3) is 5.91 Å². The smallest absolute Gasteiger partial charge is 0.312 e. The molecule has 9 heteroatoms. The largest absolute Gasteiger partial charge is 0.455 e. The molecular formula is C24H33ClN2O5S. The number of carbonyl (C=O) groups excluding carboxylic acids is 2. The number of anilines is 1. The summed E-state index contributed by atoms with van der Waals surface area (Å²) in [5.74, 6) is 0.0990. The van der Waals surface area contributed by atoms with Crippen LogP contribution >= 0.6 is 11.6 Å². The number of rotatable bonds is 8. The monoisotopic (exact) mass is 496 g/mol. The number of sulfonamides is 1. The van der Waals surface area contributed by atoms with E-state index in [9.17, 15) is 18.0 Å². The molecule has 4 aliphatic rings. The number of halogens is 1. The zero-order valence-corrected chi connectivity index (χ0v) is 21.1. The predicted octanol–water partition coefficient (Wildman–Crippen LogP) is 4.09. The van der Waals surface area contributed by atoms with Gasteiger partial charge in [0, 0.05) is 23.7 Å². The van der Waals surface area contributed by atoms with Crippen molar-refractivity contribution in [3.8, 4) is 0 Å². The highest BCUT2D eigenvalue weighted by Crippen LogP contribution is 2.64. The van der Waals surface area contributed by atoms with Crippen molar-refractivity contribution in [1.29, 1.82) is 0 Å². The Morgan fingerprint density at radius 3 is 2.36 bits per heavy atom. The molecule has 4 saturated carbocycles. The van der Waals surface area contributed by atoms with Gasteiger partial charge in [-0.2, -0.15) is 4.31 Å². The Labute approximate surface area is 201 Å². The first-order chi connectivity index (χ1) is 15.5. The van der Waals surface area contributed by atoms with Crippen molar-refractivity contribution in [2.24, 2.45) is 17.3 Å². The standard InChI is InChI=1S/C24H33ClN2O5S/c1-4-27(5-2)33(30,31)20-9-19(7-6-16(20)3)26-21(28)14-32-22(29)23-10-17-8-18(11-23)13-24(25,12-17)15-23/h6-7,9,17-18H,4-5,8,10-15H2,1-3H3,(H,26,28)/t17-,18-,23?,24?/m1/s1. The molecule has 33 heavy (non-hydrogen) atoms. The van der Waals surface area contributed by atoms with E-state index in [0.29, 0.717) is 42.6 Å². The molecule has 1 aromatic carbocycles. The number of benzene rings is 1. The molecule has 0 radical (unpaired) electrons. The summed E-state index contributed by atoms with van der Waals surface area (Å²) in [6, 6.07) is 4.76. The number of carbonyl (C=O) groups is 2. The second-order valence-corrected chi connectivity index (χ2v) is 12.8. The lowest BCUT2D eigenvalue weighted by molar-refractivity contribution is -0.171. The van der Waals surface area contributed by atoms with Gasteiger partial charge in [-0.15, -0.1) is 11.6 Å². The third-order valence-corrected chi connectivity index (χ3v) is 10.2. The molecule has 182 valence electrons. The minimum absolute atomic E-state index is 0.155. The number of nitrogens with zero attached hydrogens (tertiary/aromatic N) is 1. The minimum atomic E-state index is -3.66. The Morgan fingerprint density at radius 1 is 1.15 bits per heavy atom. The number of ether oxygens (including phenoxy) is 1. The fourth-order valence-electron chi connectivity index (χ4n) is 6.53. The first-order valence-electron chi connectivity index (χ1n) is 11.8. The summed E-state index contributed by atoms with van der Waals surface area (Å²) in [6.45, 7) is 5.60. The first kappa shape index (κ1) is 24.5. The third-order valence-electron chi connectivity index (χ3n) is 7.55. The van der Waals surface area contributed by atoms with Gasteiger partial charge in [0.2, 0.25) is 10.0 Å². The first-order valence-corrected chi connectivity index (χ1v) is 13.6. The van der Waals surface area contributed by atoms with Crippen LogP contribution in [0.15, 0.2) is 23.1 Å². The summed E-state index contributed by atoms with van der Waals surface area (Å²) in [6.07, 6.45) is 5.28. The van der Waals surface area contributed by atoms with Crippen molar-refractivity contribution in [1.82, 2.24) is 4.31 Å². The van der Waals surface area contributed by atoms with Gasteiger partial charge in [-0.3, -0.25) is 9.59 Å². The summed E-state index contributed by atoms with van der Waals surface area (Å²) < 4.78 is 32.7. The van der Waals surface area contributed by atoms with Crippen LogP contribution in [0.1, 0.15) is 57.9 Å². The molecule has 0 aromatic heterocycles. The van der Waals surface area contributed by atoms with Crippen molar-refractivity contribution in [2.45, 2.75) is 69.1 Å². The maximum atomic E-state index is 13.0. The average Bonchev–Trinajstić information content (AvgIpc) is 2.72. The Bertz CT molecular complexity index is 1040. The van der Waals surface area contributed by atoms with Gasteiger partial charge in [0.05, 0.1) is 10.3 Å². The van der Waals surface area contributed by atoms with Crippen LogP contribution in [0, 0.1) is 24.2 Å². The second-order valence-electron chi connectivity index (χ2n) is 10.1. The van der Waals surface area contributed by atoms with Crippen LogP contribution in [0.5, 0.6) is 0 Å². The zero-order valence-electron chi connectivity index (χ0n) is 19.5. The molecule has 4 aliphatic carbocycles. The van der Waals surface area contributed by atoms with Crippen LogP contribution in [-0.2, 0) is 24.3 Å². The molecule has 0 heterocycles.